The van der Waals surface area contributed by atoms with Gasteiger partial charge in [0.1, 0.15) is 7.80 Å². The molecule has 0 aliphatic rings. The maximum absolute atomic E-state index is 11.7. The second kappa shape index (κ2) is 4.75. The van der Waals surface area contributed by atoms with Crippen molar-refractivity contribution >= 4 is 25.0 Å². The van der Waals surface area contributed by atoms with Crippen LogP contribution in [0.4, 0.5) is 0 Å². The van der Waals surface area contributed by atoms with E-state index < -0.39 is 25.4 Å². The number of carboxylic acids is 2. The molecule has 1 aromatic rings. The maximum Gasteiger partial charge on any atom is 0.325 e. The van der Waals surface area contributed by atoms with Gasteiger partial charge in [0.25, 0.3) is 0 Å². The van der Waals surface area contributed by atoms with E-state index in [1.807, 2.05) is 0 Å². The Hall–Kier alpha value is -1.61. The summed E-state index contributed by atoms with van der Waals surface area (Å²) in [5, 5.41) is 17.5. The van der Waals surface area contributed by atoms with Crippen molar-refractivity contribution in [3.05, 3.63) is 30.3 Å². The molecule has 0 aliphatic heterocycles. The highest BCUT2D eigenvalue weighted by Crippen LogP contribution is 2.27. The molecule has 6 heteroatoms. The van der Waals surface area contributed by atoms with Crippen LogP contribution in [0.1, 0.15) is 0 Å². The van der Waals surface area contributed by atoms with Crippen LogP contribution in [0.15, 0.2) is 30.3 Å². The molecule has 0 amide bonds. The Kier molecular flexibility index (Phi) is 3.63. The van der Waals surface area contributed by atoms with Gasteiger partial charge < -0.3 is 14.8 Å². The van der Waals surface area contributed by atoms with Crippen LogP contribution >= 0.6 is 7.80 Å². The fourth-order valence-electron chi connectivity index (χ4n) is 1.10. The van der Waals surface area contributed by atoms with Crippen molar-refractivity contribution in [2.24, 2.45) is 0 Å². The molecule has 0 radical (unpaired) electrons. The first-order chi connectivity index (χ1) is 7.04. The number of benzene rings is 1. The van der Waals surface area contributed by atoms with E-state index in [9.17, 15) is 14.2 Å². The van der Waals surface area contributed by atoms with Gasteiger partial charge in [-0.2, -0.15) is 0 Å². The molecule has 1 rings (SSSR count). The molecule has 0 aromatic heterocycles. The molecule has 1 atom stereocenters. The minimum atomic E-state index is -2.85. The summed E-state index contributed by atoms with van der Waals surface area (Å²) in [4.78, 5) is 21.2. The van der Waals surface area contributed by atoms with Crippen LogP contribution < -0.4 is 5.30 Å². The fraction of sp³-hybridized carbons (Fsp3) is 0.111. The lowest BCUT2D eigenvalue weighted by Crippen LogP contribution is -2.28. The van der Waals surface area contributed by atoms with E-state index in [1.165, 1.54) is 12.1 Å². The summed E-state index contributed by atoms with van der Waals surface area (Å²) in [5.41, 5.74) is -1.85. The van der Waals surface area contributed by atoms with Crippen LogP contribution in [-0.4, -0.2) is 27.8 Å². The Labute approximate surface area is 86.1 Å². The Morgan fingerprint density at radius 2 is 1.53 bits per heavy atom. The fourth-order valence-corrected chi connectivity index (χ4v) is 2.40. The summed E-state index contributed by atoms with van der Waals surface area (Å²) >= 11 is 0. The minimum absolute atomic E-state index is 0.261. The predicted molar refractivity (Wildman–Crippen MR) is 54.1 cm³/mol. The largest absolute Gasteiger partial charge is 0.480 e. The van der Waals surface area contributed by atoms with Crippen LogP contribution in [0.5, 0.6) is 0 Å². The van der Waals surface area contributed by atoms with Gasteiger partial charge in [-0.3, -0.25) is 9.59 Å². The third-order valence-electron chi connectivity index (χ3n) is 1.81. The molecule has 0 fully saturated rings. The summed E-state index contributed by atoms with van der Waals surface area (Å²) in [6, 6.07) is 7.76. The third kappa shape index (κ3) is 2.67. The molecule has 0 aliphatic carbocycles. The first-order valence-corrected chi connectivity index (χ1v) is 5.57. The number of aliphatic carboxylic acids is 2. The van der Waals surface area contributed by atoms with Gasteiger partial charge in [0.05, 0.1) is 0 Å². The van der Waals surface area contributed by atoms with E-state index in [0.29, 0.717) is 0 Å². The zero-order valence-electron chi connectivity index (χ0n) is 7.58. The zero-order chi connectivity index (χ0) is 11.4. The van der Waals surface area contributed by atoms with Gasteiger partial charge in [0, 0.05) is 5.30 Å². The number of hydrogen-bond acceptors (Lipinski definition) is 3. The lowest BCUT2D eigenvalue weighted by molar-refractivity contribution is -0.146. The standard InChI is InChI=1S/C9H9O5P/c10-8(11)7(9(12)13)15(14)6-4-2-1-3-5-6/h1-5,7,15H,(H,10,11)(H,12,13). The van der Waals surface area contributed by atoms with E-state index in [2.05, 4.69) is 0 Å². The summed E-state index contributed by atoms with van der Waals surface area (Å²) < 4.78 is 11.7. The highest BCUT2D eigenvalue weighted by atomic mass is 31.1. The van der Waals surface area contributed by atoms with E-state index in [4.69, 9.17) is 10.2 Å². The molecule has 0 spiro atoms. The average Bonchev–Trinajstić information content (AvgIpc) is 2.18. The summed E-state index contributed by atoms with van der Waals surface area (Å²) in [6.45, 7) is 0. The lowest BCUT2D eigenvalue weighted by atomic mass is 10.4. The Bertz CT molecular complexity index is 386. The molecule has 0 heterocycles. The molecule has 0 bridgehead atoms. The van der Waals surface area contributed by atoms with E-state index in [0.717, 1.165) is 0 Å². The van der Waals surface area contributed by atoms with E-state index in [-0.39, 0.29) is 5.30 Å². The van der Waals surface area contributed by atoms with Crippen LogP contribution in [0, 0.1) is 0 Å². The second-order valence-corrected chi connectivity index (χ2v) is 4.72. The number of carbonyl (C=O) groups is 2. The van der Waals surface area contributed by atoms with E-state index >= 15 is 0 Å². The molecule has 80 valence electrons. The van der Waals surface area contributed by atoms with Crippen LogP contribution in [0.3, 0.4) is 0 Å². The summed E-state index contributed by atoms with van der Waals surface area (Å²) in [5.74, 6) is -3.15. The molecule has 2 N–H and O–H groups in total. The number of carboxylic acid groups (broad SMARTS) is 2. The SMILES string of the molecule is O=C(O)C(C(=O)O)[PH](=O)c1ccccc1. The molecule has 1 unspecified atom stereocenters. The maximum atomic E-state index is 11.7. The zero-order valence-corrected chi connectivity index (χ0v) is 8.58. The van der Waals surface area contributed by atoms with Crippen molar-refractivity contribution in [3.8, 4) is 0 Å². The highest BCUT2D eigenvalue weighted by molar-refractivity contribution is 7.56. The van der Waals surface area contributed by atoms with Crippen molar-refractivity contribution in [2.45, 2.75) is 5.66 Å². The molecule has 5 nitrogen and oxygen atoms in total. The van der Waals surface area contributed by atoms with Crippen LogP contribution in [0.2, 0.25) is 0 Å². The van der Waals surface area contributed by atoms with Crippen molar-refractivity contribution in [3.63, 3.8) is 0 Å². The Balaban J connectivity index is 3.02. The van der Waals surface area contributed by atoms with Gasteiger partial charge in [0.15, 0.2) is 0 Å². The number of hydrogen-bond donors (Lipinski definition) is 2. The molecule has 1 aromatic carbocycles. The Morgan fingerprint density at radius 3 is 1.93 bits per heavy atom. The van der Waals surface area contributed by atoms with Crippen molar-refractivity contribution in [2.75, 3.05) is 0 Å². The lowest BCUT2D eigenvalue weighted by Gasteiger charge is -2.07. The summed E-state index contributed by atoms with van der Waals surface area (Å²) in [7, 11) is -2.85. The van der Waals surface area contributed by atoms with Crippen molar-refractivity contribution < 1.29 is 24.4 Å². The van der Waals surface area contributed by atoms with Gasteiger partial charge in [-0.15, -0.1) is 0 Å². The smallest absolute Gasteiger partial charge is 0.325 e. The topological polar surface area (TPSA) is 91.7 Å². The number of rotatable bonds is 4. The molecule has 0 saturated heterocycles. The van der Waals surface area contributed by atoms with Gasteiger partial charge in [-0.05, 0) is 0 Å². The second-order valence-electron chi connectivity index (χ2n) is 2.84. The van der Waals surface area contributed by atoms with Gasteiger partial charge in [-0.25, -0.2) is 0 Å². The van der Waals surface area contributed by atoms with Gasteiger partial charge >= 0.3 is 11.9 Å². The van der Waals surface area contributed by atoms with Gasteiger partial charge in [0.2, 0.25) is 5.66 Å². The molecule has 0 saturated carbocycles. The quantitative estimate of drug-likeness (QED) is 0.575. The van der Waals surface area contributed by atoms with E-state index in [1.54, 1.807) is 18.2 Å². The third-order valence-corrected chi connectivity index (χ3v) is 3.74. The normalized spacial score (nSPS) is 12.3. The highest BCUT2D eigenvalue weighted by Gasteiger charge is 2.32. The molecule has 15 heavy (non-hydrogen) atoms. The minimum Gasteiger partial charge on any atom is -0.480 e. The van der Waals surface area contributed by atoms with Crippen molar-refractivity contribution in [1.29, 1.82) is 0 Å². The molecular formula is C9H9O5P. The Morgan fingerprint density at radius 1 is 1.07 bits per heavy atom. The predicted octanol–water partition coefficient (Wildman–Crippen LogP) is 0.409. The first kappa shape index (κ1) is 11.5. The van der Waals surface area contributed by atoms with Crippen LogP contribution in [-0.2, 0) is 14.2 Å². The monoisotopic (exact) mass is 228 g/mol. The summed E-state index contributed by atoms with van der Waals surface area (Å²) in [6.07, 6.45) is 0. The van der Waals surface area contributed by atoms with Crippen molar-refractivity contribution in [1.82, 2.24) is 0 Å². The van der Waals surface area contributed by atoms with Crippen LogP contribution in [0.25, 0.3) is 0 Å². The molecular weight excluding hydrogens is 219 g/mol. The first-order valence-electron chi connectivity index (χ1n) is 4.09. The average molecular weight is 228 g/mol. The van der Waals surface area contributed by atoms with Gasteiger partial charge in [-0.1, -0.05) is 30.3 Å².